The van der Waals surface area contributed by atoms with Crippen molar-refractivity contribution in [1.82, 2.24) is 0 Å². The normalized spacial score (nSPS) is 10.8. The standard InChI is InChI=1S/C8H13ClO/c1-7(2)6-10-5-4-8(3)9/h4-5,7H,3,6H2,1-2H3. The number of halogens is 1. The first kappa shape index (κ1) is 9.57. The van der Waals surface area contributed by atoms with Gasteiger partial charge in [0.15, 0.2) is 0 Å². The van der Waals surface area contributed by atoms with Crippen molar-refractivity contribution in [3.8, 4) is 0 Å². The van der Waals surface area contributed by atoms with Crippen LogP contribution < -0.4 is 0 Å². The second kappa shape index (κ2) is 5.36. The fraction of sp³-hybridized carbons (Fsp3) is 0.500. The van der Waals surface area contributed by atoms with Gasteiger partial charge in [-0.2, -0.15) is 0 Å². The van der Waals surface area contributed by atoms with E-state index in [4.69, 9.17) is 16.3 Å². The summed E-state index contributed by atoms with van der Waals surface area (Å²) in [6, 6.07) is 0. The summed E-state index contributed by atoms with van der Waals surface area (Å²) in [7, 11) is 0. The number of rotatable bonds is 4. The Morgan fingerprint density at radius 3 is 2.70 bits per heavy atom. The first-order valence-corrected chi connectivity index (χ1v) is 3.63. The van der Waals surface area contributed by atoms with E-state index in [9.17, 15) is 0 Å². The molecule has 0 aliphatic rings. The van der Waals surface area contributed by atoms with Crippen molar-refractivity contribution in [2.45, 2.75) is 13.8 Å². The van der Waals surface area contributed by atoms with Gasteiger partial charge in [0.05, 0.1) is 12.9 Å². The highest BCUT2D eigenvalue weighted by molar-refractivity contribution is 6.30. The van der Waals surface area contributed by atoms with Gasteiger partial charge in [0.25, 0.3) is 0 Å². The third kappa shape index (κ3) is 7.57. The minimum Gasteiger partial charge on any atom is -0.501 e. The fourth-order valence-electron chi connectivity index (χ4n) is 0.370. The average Bonchev–Trinajstić information content (AvgIpc) is 1.79. The largest absolute Gasteiger partial charge is 0.501 e. The van der Waals surface area contributed by atoms with Crippen LogP contribution in [0.25, 0.3) is 0 Å². The Hall–Kier alpha value is -0.430. The van der Waals surface area contributed by atoms with Crippen molar-refractivity contribution in [1.29, 1.82) is 0 Å². The highest BCUT2D eigenvalue weighted by atomic mass is 35.5. The van der Waals surface area contributed by atoms with Gasteiger partial charge in [-0.3, -0.25) is 0 Å². The van der Waals surface area contributed by atoms with Crippen LogP contribution in [-0.2, 0) is 4.74 Å². The highest BCUT2D eigenvalue weighted by Gasteiger charge is 1.88. The lowest BCUT2D eigenvalue weighted by Crippen LogP contribution is -1.96. The molecule has 0 bridgehead atoms. The Kier molecular flexibility index (Phi) is 5.13. The van der Waals surface area contributed by atoms with E-state index in [1.54, 1.807) is 12.3 Å². The first-order chi connectivity index (χ1) is 4.63. The Bertz CT molecular complexity index is 127. The van der Waals surface area contributed by atoms with Gasteiger partial charge in [-0.15, -0.1) is 0 Å². The molecule has 0 aromatic carbocycles. The second-order valence-corrected chi connectivity index (χ2v) is 2.96. The van der Waals surface area contributed by atoms with Crippen LogP contribution in [0, 0.1) is 5.92 Å². The lowest BCUT2D eigenvalue weighted by molar-refractivity contribution is 0.211. The maximum atomic E-state index is 5.43. The molecule has 0 N–H and O–H groups in total. The molecule has 10 heavy (non-hydrogen) atoms. The van der Waals surface area contributed by atoms with E-state index in [1.165, 1.54) is 0 Å². The molecule has 0 aromatic heterocycles. The molecule has 0 aliphatic carbocycles. The maximum absolute atomic E-state index is 5.43. The van der Waals surface area contributed by atoms with E-state index < -0.39 is 0 Å². The Balaban J connectivity index is 3.27. The molecule has 0 rings (SSSR count). The summed E-state index contributed by atoms with van der Waals surface area (Å²) in [4.78, 5) is 0. The number of hydrogen-bond donors (Lipinski definition) is 0. The zero-order valence-electron chi connectivity index (χ0n) is 6.43. The lowest BCUT2D eigenvalue weighted by atomic mass is 10.2. The summed E-state index contributed by atoms with van der Waals surface area (Å²) >= 11 is 5.43. The van der Waals surface area contributed by atoms with Gasteiger partial charge in [-0.25, -0.2) is 0 Å². The van der Waals surface area contributed by atoms with Gasteiger partial charge >= 0.3 is 0 Å². The van der Waals surface area contributed by atoms with Gasteiger partial charge in [-0.05, 0) is 12.0 Å². The summed E-state index contributed by atoms with van der Waals surface area (Å²) < 4.78 is 5.08. The fourth-order valence-corrected chi connectivity index (χ4v) is 0.421. The number of allylic oxidation sites excluding steroid dienone is 2. The Morgan fingerprint density at radius 2 is 2.30 bits per heavy atom. The monoisotopic (exact) mass is 160 g/mol. The van der Waals surface area contributed by atoms with Crippen LogP contribution in [-0.4, -0.2) is 6.61 Å². The number of hydrogen-bond acceptors (Lipinski definition) is 1. The molecular formula is C8H13ClO. The van der Waals surface area contributed by atoms with Crippen LogP contribution in [0.5, 0.6) is 0 Å². The predicted octanol–water partition coefficient (Wildman–Crippen LogP) is 2.93. The van der Waals surface area contributed by atoms with Crippen LogP contribution in [0.2, 0.25) is 0 Å². The van der Waals surface area contributed by atoms with Crippen LogP contribution in [0.15, 0.2) is 23.9 Å². The van der Waals surface area contributed by atoms with Gasteiger partial charge in [-0.1, -0.05) is 32.0 Å². The van der Waals surface area contributed by atoms with Gasteiger partial charge in [0.1, 0.15) is 0 Å². The molecule has 0 aromatic rings. The van der Waals surface area contributed by atoms with Crippen molar-refractivity contribution in [2.24, 2.45) is 5.92 Å². The quantitative estimate of drug-likeness (QED) is 0.454. The summed E-state index contributed by atoms with van der Waals surface area (Å²) in [5.41, 5.74) is 0. The molecule has 0 amide bonds. The second-order valence-electron chi connectivity index (χ2n) is 2.48. The molecule has 0 radical (unpaired) electrons. The van der Waals surface area contributed by atoms with Crippen LogP contribution in [0.4, 0.5) is 0 Å². The molecule has 0 heterocycles. The minimum atomic E-state index is 0.490. The first-order valence-electron chi connectivity index (χ1n) is 3.25. The zero-order chi connectivity index (χ0) is 7.98. The van der Waals surface area contributed by atoms with E-state index >= 15 is 0 Å². The molecule has 0 saturated carbocycles. The zero-order valence-corrected chi connectivity index (χ0v) is 7.19. The molecule has 0 fully saturated rings. The van der Waals surface area contributed by atoms with E-state index in [0.717, 1.165) is 6.61 Å². The van der Waals surface area contributed by atoms with Gasteiger partial charge in [0.2, 0.25) is 0 Å². The van der Waals surface area contributed by atoms with E-state index in [1.807, 2.05) is 0 Å². The maximum Gasteiger partial charge on any atom is 0.0896 e. The van der Waals surface area contributed by atoms with Crippen molar-refractivity contribution < 1.29 is 4.74 Å². The van der Waals surface area contributed by atoms with E-state index in [0.29, 0.717) is 11.0 Å². The molecule has 0 unspecified atom stereocenters. The van der Waals surface area contributed by atoms with Crippen molar-refractivity contribution in [3.05, 3.63) is 23.9 Å². The van der Waals surface area contributed by atoms with Crippen LogP contribution in [0.1, 0.15) is 13.8 Å². The molecular weight excluding hydrogens is 148 g/mol. The molecule has 0 atom stereocenters. The molecule has 1 nitrogen and oxygen atoms in total. The smallest absolute Gasteiger partial charge is 0.0896 e. The molecule has 58 valence electrons. The third-order valence-electron chi connectivity index (χ3n) is 0.775. The van der Waals surface area contributed by atoms with Gasteiger partial charge < -0.3 is 4.74 Å². The summed E-state index contributed by atoms with van der Waals surface area (Å²) in [6.45, 7) is 8.37. The van der Waals surface area contributed by atoms with E-state index in [2.05, 4.69) is 20.4 Å². The predicted molar refractivity (Wildman–Crippen MR) is 44.9 cm³/mol. The minimum absolute atomic E-state index is 0.490. The Labute approximate surface area is 67.3 Å². The van der Waals surface area contributed by atoms with Crippen LogP contribution >= 0.6 is 11.6 Å². The number of ether oxygens (including phenoxy) is 1. The third-order valence-corrected chi connectivity index (χ3v) is 0.901. The summed E-state index contributed by atoms with van der Waals surface area (Å²) in [6.07, 6.45) is 3.19. The van der Waals surface area contributed by atoms with Crippen molar-refractivity contribution >= 4 is 11.6 Å². The van der Waals surface area contributed by atoms with Gasteiger partial charge in [0, 0.05) is 5.03 Å². The molecule has 0 saturated heterocycles. The lowest BCUT2D eigenvalue weighted by Gasteiger charge is -2.01. The van der Waals surface area contributed by atoms with Crippen LogP contribution in [0.3, 0.4) is 0 Å². The Morgan fingerprint density at radius 1 is 1.70 bits per heavy atom. The summed E-state index contributed by atoms with van der Waals surface area (Å²) in [5.74, 6) is 0.549. The molecule has 0 aliphatic heterocycles. The highest BCUT2D eigenvalue weighted by Crippen LogP contribution is 1.99. The van der Waals surface area contributed by atoms with E-state index in [-0.39, 0.29) is 0 Å². The topological polar surface area (TPSA) is 9.23 Å². The molecule has 2 heteroatoms. The molecule has 0 spiro atoms. The SMILES string of the molecule is C=C(Cl)C=COCC(C)C. The van der Waals surface area contributed by atoms with Crippen molar-refractivity contribution in [2.75, 3.05) is 6.61 Å². The van der Waals surface area contributed by atoms with Crippen molar-refractivity contribution in [3.63, 3.8) is 0 Å². The summed E-state index contributed by atoms with van der Waals surface area (Å²) in [5, 5.41) is 0.490. The average molecular weight is 161 g/mol.